The zero-order valence-electron chi connectivity index (χ0n) is 9.52. The molecule has 2 rings (SSSR count). The number of rotatable bonds is 2. The number of likely N-dealkylation sites (tertiary alicyclic amines) is 1. The average Bonchev–Trinajstić information content (AvgIpc) is 2.51. The summed E-state index contributed by atoms with van der Waals surface area (Å²) in [6, 6.07) is 0.423. The van der Waals surface area contributed by atoms with Gasteiger partial charge >= 0.3 is 0 Å². The van der Waals surface area contributed by atoms with Gasteiger partial charge in [-0.3, -0.25) is 0 Å². The molecule has 4 heteroatoms. The predicted octanol–water partition coefficient (Wildman–Crippen LogP) is 1.26. The lowest BCUT2D eigenvalue weighted by atomic mass is 9.96. The van der Waals surface area contributed by atoms with Crippen LogP contribution in [0.2, 0.25) is 0 Å². The number of nitrogens with two attached hydrogens (primary N) is 1. The van der Waals surface area contributed by atoms with Crippen molar-refractivity contribution < 1.29 is 4.74 Å². The quantitative estimate of drug-likeness (QED) is 0.782. The standard InChI is InChI=1S/C11H22N2O.ClH/c1-9-6-10(3-5-14-9)7-13-4-2-11(12)8-13;/h9-11H,2-8,12H2,1H3;1H/t9?,10?,11-;/m0./s1. The number of ether oxygens (including phenoxy) is 1. The lowest BCUT2D eigenvalue weighted by Gasteiger charge is -2.30. The molecule has 0 aromatic rings. The van der Waals surface area contributed by atoms with Crippen LogP contribution in [0.4, 0.5) is 0 Å². The first-order valence-electron chi connectivity index (χ1n) is 5.83. The molecule has 2 N–H and O–H groups in total. The third-order valence-electron chi connectivity index (χ3n) is 3.42. The first-order valence-corrected chi connectivity index (χ1v) is 5.83. The second kappa shape index (κ2) is 6.04. The van der Waals surface area contributed by atoms with Gasteiger partial charge in [-0.2, -0.15) is 0 Å². The van der Waals surface area contributed by atoms with E-state index in [9.17, 15) is 0 Å². The van der Waals surface area contributed by atoms with Gasteiger partial charge in [0.25, 0.3) is 0 Å². The van der Waals surface area contributed by atoms with Gasteiger partial charge in [0, 0.05) is 25.7 Å². The molecule has 0 aromatic carbocycles. The molecule has 2 unspecified atom stereocenters. The summed E-state index contributed by atoms with van der Waals surface area (Å²) in [4.78, 5) is 2.52. The molecular weight excluding hydrogens is 212 g/mol. The van der Waals surface area contributed by atoms with E-state index in [-0.39, 0.29) is 12.4 Å². The number of hydrogen-bond acceptors (Lipinski definition) is 3. The molecule has 3 nitrogen and oxygen atoms in total. The maximum atomic E-state index is 5.89. The molecule has 0 aliphatic carbocycles. The Morgan fingerprint density at radius 3 is 2.80 bits per heavy atom. The van der Waals surface area contributed by atoms with Crippen molar-refractivity contribution in [3.05, 3.63) is 0 Å². The van der Waals surface area contributed by atoms with Crippen molar-refractivity contribution >= 4 is 12.4 Å². The molecule has 0 spiro atoms. The van der Waals surface area contributed by atoms with Gasteiger partial charge in [0.05, 0.1) is 6.10 Å². The Balaban J connectivity index is 0.00000112. The molecule has 0 aromatic heterocycles. The number of hydrogen-bond donors (Lipinski definition) is 1. The molecule has 0 saturated carbocycles. The molecule has 2 saturated heterocycles. The Morgan fingerprint density at radius 1 is 1.40 bits per heavy atom. The van der Waals surface area contributed by atoms with Crippen LogP contribution in [0.15, 0.2) is 0 Å². The minimum atomic E-state index is 0. The summed E-state index contributed by atoms with van der Waals surface area (Å²) in [5.74, 6) is 0.837. The second-order valence-corrected chi connectivity index (χ2v) is 4.88. The Labute approximate surface area is 98.7 Å². The highest BCUT2D eigenvalue weighted by molar-refractivity contribution is 5.85. The largest absolute Gasteiger partial charge is 0.378 e. The molecule has 0 bridgehead atoms. The molecule has 2 heterocycles. The van der Waals surface area contributed by atoms with E-state index < -0.39 is 0 Å². The Kier molecular flexibility index (Phi) is 5.33. The lowest BCUT2D eigenvalue weighted by molar-refractivity contribution is -0.00403. The summed E-state index contributed by atoms with van der Waals surface area (Å²) in [7, 11) is 0. The van der Waals surface area contributed by atoms with E-state index in [2.05, 4.69) is 11.8 Å². The van der Waals surface area contributed by atoms with Crippen molar-refractivity contribution in [2.45, 2.75) is 38.3 Å². The molecule has 2 fully saturated rings. The van der Waals surface area contributed by atoms with Crippen molar-refractivity contribution in [3.8, 4) is 0 Å². The van der Waals surface area contributed by atoms with Gasteiger partial charge in [0.1, 0.15) is 0 Å². The topological polar surface area (TPSA) is 38.5 Å². The van der Waals surface area contributed by atoms with Crippen LogP contribution in [0.1, 0.15) is 26.2 Å². The smallest absolute Gasteiger partial charge is 0.0550 e. The SMILES string of the molecule is CC1CC(CN2CC[C@H](N)C2)CCO1.Cl. The summed E-state index contributed by atoms with van der Waals surface area (Å²) in [6.07, 6.45) is 4.10. The monoisotopic (exact) mass is 234 g/mol. The third kappa shape index (κ3) is 3.91. The number of nitrogens with zero attached hydrogens (tertiary/aromatic N) is 1. The van der Waals surface area contributed by atoms with Crippen LogP contribution in [0.5, 0.6) is 0 Å². The van der Waals surface area contributed by atoms with Gasteiger partial charge in [-0.1, -0.05) is 0 Å². The fourth-order valence-electron chi connectivity index (χ4n) is 2.65. The average molecular weight is 235 g/mol. The normalized spacial score (nSPS) is 37.6. The molecule has 90 valence electrons. The second-order valence-electron chi connectivity index (χ2n) is 4.88. The van der Waals surface area contributed by atoms with Crippen molar-refractivity contribution in [1.29, 1.82) is 0 Å². The van der Waals surface area contributed by atoms with Crippen LogP contribution in [-0.2, 0) is 4.74 Å². The molecule has 15 heavy (non-hydrogen) atoms. The van der Waals surface area contributed by atoms with Crippen molar-refractivity contribution in [1.82, 2.24) is 4.90 Å². The van der Waals surface area contributed by atoms with Crippen LogP contribution in [0, 0.1) is 5.92 Å². The van der Waals surface area contributed by atoms with E-state index in [1.807, 2.05) is 0 Å². The van der Waals surface area contributed by atoms with Gasteiger partial charge < -0.3 is 15.4 Å². The van der Waals surface area contributed by atoms with E-state index in [4.69, 9.17) is 10.5 Å². The highest BCUT2D eigenvalue weighted by Crippen LogP contribution is 2.22. The zero-order valence-corrected chi connectivity index (χ0v) is 10.3. The lowest BCUT2D eigenvalue weighted by Crippen LogP contribution is -2.34. The van der Waals surface area contributed by atoms with E-state index in [0.29, 0.717) is 12.1 Å². The third-order valence-corrected chi connectivity index (χ3v) is 3.42. The number of halogens is 1. The Bertz CT molecular complexity index is 191. The van der Waals surface area contributed by atoms with Gasteiger partial charge in [-0.05, 0) is 38.6 Å². The molecule has 0 amide bonds. The van der Waals surface area contributed by atoms with E-state index in [1.165, 1.54) is 32.4 Å². The van der Waals surface area contributed by atoms with Crippen molar-refractivity contribution in [2.24, 2.45) is 11.7 Å². The summed E-state index contributed by atoms with van der Waals surface area (Å²) in [5, 5.41) is 0. The Hall–Kier alpha value is 0.170. The predicted molar refractivity (Wildman–Crippen MR) is 64.4 cm³/mol. The maximum Gasteiger partial charge on any atom is 0.0550 e. The molecule has 2 aliphatic heterocycles. The fourth-order valence-corrected chi connectivity index (χ4v) is 2.65. The van der Waals surface area contributed by atoms with Crippen LogP contribution in [0.25, 0.3) is 0 Å². The Morgan fingerprint density at radius 2 is 2.20 bits per heavy atom. The van der Waals surface area contributed by atoms with Gasteiger partial charge in [0.2, 0.25) is 0 Å². The van der Waals surface area contributed by atoms with E-state index in [0.717, 1.165) is 19.1 Å². The zero-order chi connectivity index (χ0) is 9.97. The fraction of sp³-hybridized carbons (Fsp3) is 1.00. The maximum absolute atomic E-state index is 5.89. The van der Waals surface area contributed by atoms with Crippen molar-refractivity contribution in [3.63, 3.8) is 0 Å². The van der Waals surface area contributed by atoms with Crippen LogP contribution in [-0.4, -0.2) is 43.3 Å². The van der Waals surface area contributed by atoms with Crippen LogP contribution < -0.4 is 5.73 Å². The minimum absolute atomic E-state index is 0. The van der Waals surface area contributed by atoms with Crippen LogP contribution >= 0.6 is 12.4 Å². The summed E-state index contributed by atoms with van der Waals surface area (Å²) < 4.78 is 5.55. The van der Waals surface area contributed by atoms with Crippen molar-refractivity contribution in [2.75, 3.05) is 26.2 Å². The first-order chi connectivity index (χ1) is 6.74. The van der Waals surface area contributed by atoms with Gasteiger partial charge in [0.15, 0.2) is 0 Å². The summed E-state index contributed by atoms with van der Waals surface area (Å²) in [6.45, 7) is 6.67. The van der Waals surface area contributed by atoms with Gasteiger partial charge in [-0.15, -0.1) is 12.4 Å². The van der Waals surface area contributed by atoms with Gasteiger partial charge in [-0.25, -0.2) is 0 Å². The van der Waals surface area contributed by atoms with Crippen LogP contribution in [0.3, 0.4) is 0 Å². The molecular formula is C11H23ClN2O. The highest BCUT2D eigenvalue weighted by Gasteiger charge is 2.25. The molecule has 3 atom stereocenters. The summed E-state index contributed by atoms with van der Waals surface area (Å²) in [5.41, 5.74) is 5.89. The summed E-state index contributed by atoms with van der Waals surface area (Å²) >= 11 is 0. The minimum Gasteiger partial charge on any atom is -0.378 e. The van der Waals surface area contributed by atoms with E-state index >= 15 is 0 Å². The van der Waals surface area contributed by atoms with E-state index in [1.54, 1.807) is 0 Å². The highest BCUT2D eigenvalue weighted by atomic mass is 35.5. The molecule has 0 radical (unpaired) electrons. The first kappa shape index (κ1) is 13.2. The molecule has 2 aliphatic rings.